The van der Waals surface area contributed by atoms with Crippen LogP contribution < -0.4 is 15.0 Å². The zero-order chi connectivity index (χ0) is 26.3. The summed E-state index contributed by atoms with van der Waals surface area (Å²) in [5, 5.41) is 0. The molecule has 2 aromatic carbocycles. The third-order valence-corrected chi connectivity index (χ3v) is 9.27. The lowest BCUT2D eigenvalue weighted by Gasteiger charge is -2.39. The van der Waals surface area contributed by atoms with Gasteiger partial charge in [-0.1, -0.05) is 5.92 Å². The van der Waals surface area contributed by atoms with E-state index in [1.165, 1.54) is 12.1 Å². The van der Waals surface area contributed by atoms with Crippen LogP contribution in [0.25, 0.3) is 0 Å². The molecule has 0 aromatic heterocycles. The van der Waals surface area contributed by atoms with Gasteiger partial charge in [-0.3, -0.25) is 9.69 Å². The van der Waals surface area contributed by atoms with E-state index in [-0.39, 0.29) is 17.7 Å². The number of rotatable bonds is 9. The standard InChI is InChI=1S/C27H32N2O7S/c1-3-17-29-18-15-27(16-19-29,26(30)28-36-25-6-4-5-20-34-25)37(31,32)24-13-11-23(12-14-24)35-22-9-7-21(33-2)8-10-22/h1,7-14,25H,4-6,15-20H2,2H3,(H,28,30). The van der Waals surface area contributed by atoms with Crippen molar-refractivity contribution < 1.29 is 32.3 Å². The number of methoxy groups -OCH3 is 1. The summed E-state index contributed by atoms with van der Waals surface area (Å²) < 4.78 is 42.7. The zero-order valence-electron chi connectivity index (χ0n) is 20.9. The monoisotopic (exact) mass is 528 g/mol. The average molecular weight is 529 g/mol. The first kappa shape index (κ1) is 26.9. The van der Waals surface area contributed by atoms with Gasteiger partial charge in [0.2, 0.25) is 0 Å². The number of piperidine rings is 1. The molecule has 9 nitrogen and oxygen atoms in total. The van der Waals surface area contributed by atoms with E-state index >= 15 is 0 Å². The lowest BCUT2D eigenvalue weighted by molar-refractivity contribution is -0.202. The molecular formula is C27H32N2O7S. The second kappa shape index (κ2) is 12.0. The van der Waals surface area contributed by atoms with Crippen molar-refractivity contribution in [1.82, 2.24) is 10.4 Å². The molecule has 0 bridgehead atoms. The number of terminal acetylenes is 1. The Labute approximate surface area is 217 Å². The lowest BCUT2D eigenvalue weighted by Crippen LogP contribution is -2.58. The number of likely N-dealkylation sites (tertiary alicyclic amines) is 1. The Kier molecular flexibility index (Phi) is 8.71. The largest absolute Gasteiger partial charge is 0.497 e. The van der Waals surface area contributed by atoms with Gasteiger partial charge < -0.3 is 14.2 Å². The molecule has 198 valence electrons. The van der Waals surface area contributed by atoms with E-state index in [0.29, 0.717) is 49.9 Å². The fourth-order valence-corrected chi connectivity index (χ4v) is 6.48. The highest BCUT2D eigenvalue weighted by Gasteiger charge is 2.53. The Morgan fingerprint density at radius 3 is 2.27 bits per heavy atom. The summed E-state index contributed by atoms with van der Waals surface area (Å²) in [6.07, 6.45) is 7.49. The number of hydroxylamine groups is 1. The van der Waals surface area contributed by atoms with Gasteiger partial charge in [-0.05, 0) is 74.2 Å². The van der Waals surface area contributed by atoms with Crippen LogP contribution in [0.15, 0.2) is 53.4 Å². The van der Waals surface area contributed by atoms with Gasteiger partial charge in [0.15, 0.2) is 20.9 Å². The molecule has 0 saturated carbocycles. The van der Waals surface area contributed by atoms with Crippen LogP contribution in [-0.2, 0) is 24.2 Å². The molecule has 2 fully saturated rings. The third-order valence-electron chi connectivity index (χ3n) is 6.76. The molecule has 4 rings (SSSR count). The normalized spacial score (nSPS) is 19.9. The second-order valence-electron chi connectivity index (χ2n) is 9.07. The highest BCUT2D eigenvalue weighted by molar-refractivity contribution is 7.93. The zero-order valence-corrected chi connectivity index (χ0v) is 21.7. The molecule has 0 radical (unpaired) electrons. The fourth-order valence-electron chi connectivity index (χ4n) is 4.53. The Hall–Kier alpha value is -3.10. The molecule has 2 aromatic rings. The fraction of sp³-hybridized carbons (Fsp3) is 0.444. The summed E-state index contributed by atoms with van der Waals surface area (Å²) in [4.78, 5) is 20.9. The number of carbonyl (C=O) groups excluding carboxylic acids is 1. The summed E-state index contributed by atoms with van der Waals surface area (Å²) >= 11 is 0. The van der Waals surface area contributed by atoms with Crippen LogP contribution in [0.2, 0.25) is 0 Å². The Morgan fingerprint density at radius 1 is 1.08 bits per heavy atom. The third kappa shape index (κ3) is 6.08. The average Bonchev–Trinajstić information content (AvgIpc) is 2.93. The maximum atomic E-state index is 13.9. The molecule has 0 aliphatic carbocycles. The predicted octanol–water partition coefficient (Wildman–Crippen LogP) is 3.30. The number of carbonyl (C=O) groups is 1. The minimum absolute atomic E-state index is 0.0315. The Balaban J connectivity index is 1.53. The number of hydrogen-bond donors (Lipinski definition) is 1. The molecule has 2 aliphatic rings. The minimum Gasteiger partial charge on any atom is -0.497 e. The van der Waals surface area contributed by atoms with E-state index in [1.54, 1.807) is 43.5 Å². The van der Waals surface area contributed by atoms with Crippen LogP contribution in [0.4, 0.5) is 0 Å². The van der Waals surface area contributed by atoms with E-state index in [2.05, 4.69) is 11.4 Å². The minimum atomic E-state index is -4.10. The van der Waals surface area contributed by atoms with Crippen LogP contribution in [0.5, 0.6) is 17.2 Å². The molecule has 1 amide bonds. The van der Waals surface area contributed by atoms with Crippen LogP contribution in [-0.4, -0.2) is 63.6 Å². The van der Waals surface area contributed by atoms with Crippen LogP contribution in [0, 0.1) is 12.3 Å². The summed E-state index contributed by atoms with van der Waals surface area (Å²) in [7, 11) is -2.52. The Bertz CT molecular complexity index is 1190. The molecule has 1 N–H and O–H groups in total. The van der Waals surface area contributed by atoms with Gasteiger partial charge in [-0.2, -0.15) is 0 Å². The van der Waals surface area contributed by atoms with Crippen molar-refractivity contribution in [1.29, 1.82) is 0 Å². The number of nitrogens with zero attached hydrogens (tertiary/aromatic N) is 1. The molecule has 37 heavy (non-hydrogen) atoms. The molecule has 2 saturated heterocycles. The van der Waals surface area contributed by atoms with Gasteiger partial charge in [0.1, 0.15) is 17.2 Å². The van der Waals surface area contributed by atoms with Crippen molar-refractivity contribution >= 4 is 15.7 Å². The van der Waals surface area contributed by atoms with E-state index in [0.717, 1.165) is 12.8 Å². The van der Waals surface area contributed by atoms with Gasteiger partial charge in [-0.15, -0.1) is 6.42 Å². The van der Waals surface area contributed by atoms with Crippen molar-refractivity contribution in [3.05, 3.63) is 48.5 Å². The van der Waals surface area contributed by atoms with Gasteiger partial charge in [0.05, 0.1) is 18.6 Å². The first-order valence-corrected chi connectivity index (χ1v) is 13.8. The molecule has 2 aliphatic heterocycles. The number of ether oxygens (including phenoxy) is 3. The molecule has 10 heteroatoms. The SMILES string of the molecule is C#CCN1CCC(C(=O)NOC2CCCCO2)(S(=O)(=O)c2ccc(Oc3ccc(OC)cc3)cc2)CC1. The first-order chi connectivity index (χ1) is 17.9. The second-order valence-corrected chi connectivity index (χ2v) is 11.3. The first-order valence-electron chi connectivity index (χ1n) is 12.3. The van der Waals surface area contributed by atoms with Crippen LogP contribution in [0.3, 0.4) is 0 Å². The van der Waals surface area contributed by atoms with Gasteiger partial charge in [-0.25, -0.2) is 18.7 Å². The van der Waals surface area contributed by atoms with Gasteiger partial charge in [0.25, 0.3) is 5.91 Å². The van der Waals surface area contributed by atoms with Gasteiger partial charge >= 0.3 is 0 Å². The van der Waals surface area contributed by atoms with Gasteiger partial charge in [0, 0.05) is 26.1 Å². The molecule has 0 spiro atoms. The smallest absolute Gasteiger partial charge is 0.265 e. The van der Waals surface area contributed by atoms with Crippen molar-refractivity contribution in [3.63, 3.8) is 0 Å². The van der Waals surface area contributed by atoms with Crippen molar-refractivity contribution in [2.24, 2.45) is 0 Å². The predicted molar refractivity (Wildman–Crippen MR) is 137 cm³/mol. The number of hydrogen-bond acceptors (Lipinski definition) is 8. The van der Waals surface area contributed by atoms with Crippen LogP contribution >= 0.6 is 0 Å². The quantitative estimate of drug-likeness (QED) is 0.391. The number of benzene rings is 2. The number of nitrogens with one attached hydrogen (secondary N) is 1. The van der Waals surface area contributed by atoms with E-state index in [4.69, 9.17) is 25.5 Å². The lowest BCUT2D eigenvalue weighted by atomic mass is 9.95. The Morgan fingerprint density at radius 2 is 1.70 bits per heavy atom. The van der Waals surface area contributed by atoms with E-state index < -0.39 is 26.8 Å². The molecule has 1 unspecified atom stereocenters. The highest BCUT2D eigenvalue weighted by atomic mass is 32.2. The summed E-state index contributed by atoms with van der Waals surface area (Å²) in [5.74, 6) is 3.62. The molecule has 2 heterocycles. The summed E-state index contributed by atoms with van der Waals surface area (Å²) in [6, 6.07) is 13.1. The highest BCUT2D eigenvalue weighted by Crippen LogP contribution is 2.37. The van der Waals surface area contributed by atoms with Crippen molar-refractivity contribution in [2.45, 2.75) is 48.0 Å². The summed E-state index contributed by atoms with van der Waals surface area (Å²) in [6.45, 7) is 1.67. The summed E-state index contributed by atoms with van der Waals surface area (Å²) in [5.41, 5.74) is 2.40. The number of amides is 1. The molecule has 1 atom stereocenters. The van der Waals surface area contributed by atoms with Crippen molar-refractivity contribution in [3.8, 4) is 29.6 Å². The van der Waals surface area contributed by atoms with E-state index in [1.807, 2.05) is 4.90 Å². The van der Waals surface area contributed by atoms with E-state index in [9.17, 15) is 13.2 Å². The maximum Gasteiger partial charge on any atom is 0.265 e. The van der Waals surface area contributed by atoms with Crippen LogP contribution in [0.1, 0.15) is 32.1 Å². The van der Waals surface area contributed by atoms with Crippen molar-refractivity contribution in [2.75, 3.05) is 33.4 Å². The molecular weight excluding hydrogens is 496 g/mol. The number of sulfone groups is 1. The topological polar surface area (TPSA) is 103 Å². The maximum absolute atomic E-state index is 13.9.